The Bertz CT molecular complexity index is 870. The van der Waals surface area contributed by atoms with Crippen LogP contribution in [-0.2, 0) is 19.1 Å². The Kier molecular flexibility index (Phi) is 8.45. The average molecular weight is 531 g/mol. The molecule has 0 spiro atoms. The Morgan fingerprint density at radius 3 is 2.21 bits per heavy atom. The first kappa shape index (κ1) is 29.9. The van der Waals surface area contributed by atoms with Gasteiger partial charge in [0.2, 0.25) is 0 Å². The van der Waals surface area contributed by atoms with Crippen molar-refractivity contribution >= 4 is 11.9 Å². The van der Waals surface area contributed by atoms with Gasteiger partial charge in [0.25, 0.3) is 0 Å². The Balaban J connectivity index is 1.38. The number of carbonyl (C=O) groups is 2. The van der Waals surface area contributed by atoms with E-state index in [1.54, 1.807) is 0 Å². The third-order valence-electron chi connectivity index (χ3n) is 12.3. The summed E-state index contributed by atoms with van der Waals surface area (Å²) in [5.41, 5.74) is 0.0320. The lowest BCUT2D eigenvalue weighted by Crippen LogP contribution is -2.54. The van der Waals surface area contributed by atoms with Gasteiger partial charge in [-0.25, -0.2) is 0 Å². The summed E-state index contributed by atoms with van der Waals surface area (Å²) in [6.07, 6.45) is 13.8. The van der Waals surface area contributed by atoms with E-state index in [0.29, 0.717) is 29.1 Å². The van der Waals surface area contributed by atoms with Crippen molar-refractivity contribution in [3.63, 3.8) is 0 Å². The number of hydrogen-bond donors (Lipinski definition) is 0. The largest absolute Gasteiger partial charge is 0.462 e. The predicted molar refractivity (Wildman–Crippen MR) is 153 cm³/mol. The molecule has 0 aromatic rings. The zero-order valence-electron chi connectivity index (χ0n) is 26.2. The van der Waals surface area contributed by atoms with Crippen LogP contribution in [0.25, 0.3) is 0 Å². The van der Waals surface area contributed by atoms with Gasteiger partial charge < -0.3 is 9.47 Å². The highest BCUT2D eigenvalue weighted by Gasteiger charge is 2.60. The fourth-order valence-corrected chi connectivity index (χ4v) is 9.70. The van der Waals surface area contributed by atoms with Crippen LogP contribution in [0.4, 0.5) is 0 Å². The molecule has 7 unspecified atom stereocenters. The molecule has 4 heteroatoms. The highest BCUT2D eigenvalue weighted by molar-refractivity contribution is 5.76. The monoisotopic (exact) mass is 530 g/mol. The maximum atomic E-state index is 12.8. The van der Waals surface area contributed by atoms with Gasteiger partial charge in [-0.2, -0.15) is 0 Å². The summed E-state index contributed by atoms with van der Waals surface area (Å²) >= 11 is 0. The van der Waals surface area contributed by atoms with Gasteiger partial charge in [-0.05, 0) is 152 Å². The lowest BCUT2D eigenvalue weighted by atomic mass is 9.44. The quantitative estimate of drug-likeness (QED) is 0.309. The first-order valence-corrected chi connectivity index (χ1v) is 16.0. The smallest absolute Gasteiger partial charge is 0.311 e. The number of fused-ring (bicyclic) bond motifs is 5. The van der Waals surface area contributed by atoms with Crippen molar-refractivity contribution in [3.05, 3.63) is 0 Å². The second-order valence-corrected chi connectivity index (χ2v) is 16.0. The fraction of sp³-hybridized carbons (Fsp3) is 0.941. The van der Waals surface area contributed by atoms with Crippen molar-refractivity contribution in [3.8, 4) is 0 Å². The van der Waals surface area contributed by atoms with Gasteiger partial charge in [-0.15, -0.1) is 0 Å². The first-order valence-electron chi connectivity index (χ1n) is 16.0. The topological polar surface area (TPSA) is 52.6 Å². The lowest BCUT2D eigenvalue weighted by molar-refractivity contribution is -0.171. The van der Waals surface area contributed by atoms with Crippen molar-refractivity contribution < 1.29 is 19.1 Å². The zero-order chi connectivity index (χ0) is 28.1. The van der Waals surface area contributed by atoms with Gasteiger partial charge in [0.05, 0.1) is 5.41 Å². The molecule has 38 heavy (non-hydrogen) atoms. The van der Waals surface area contributed by atoms with Crippen molar-refractivity contribution in [2.24, 2.45) is 51.8 Å². The van der Waals surface area contributed by atoms with Crippen LogP contribution >= 0.6 is 0 Å². The van der Waals surface area contributed by atoms with Crippen molar-refractivity contribution in [1.82, 2.24) is 0 Å². The van der Waals surface area contributed by atoms with Crippen LogP contribution in [0.3, 0.4) is 0 Å². The molecule has 4 aliphatic carbocycles. The summed E-state index contributed by atoms with van der Waals surface area (Å²) in [7, 11) is 0. The highest BCUT2D eigenvalue weighted by atomic mass is 16.6. The van der Waals surface area contributed by atoms with Crippen LogP contribution < -0.4 is 0 Å². The molecule has 0 amide bonds. The van der Waals surface area contributed by atoms with Crippen LogP contribution in [0.1, 0.15) is 139 Å². The van der Waals surface area contributed by atoms with E-state index in [0.717, 1.165) is 49.4 Å². The minimum Gasteiger partial charge on any atom is -0.462 e. The molecule has 0 saturated heterocycles. The normalized spacial score (nSPS) is 39.9. The molecular formula is C34H58O4. The molecule has 0 aliphatic heterocycles. The van der Waals surface area contributed by atoms with E-state index < -0.39 is 5.60 Å². The van der Waals surface area contributed by atoms with Crippen LogP contribution in [0.2, 0.25) is 0 Å². The van der Waals surface area contributed by atoms with Gasteiger partial charge in [0.15, 0.2) is 0 Å². The maximum absolute atomic E-state index is 12.8. The number of rotatable bonds is 7. The van der Waals surface area contributed by atoms with Gasteiger partial charge >= 0.3 is 11.9 Å². The Hall–Kier alpha value is -1.06. The second kappa shape index (κ2) is 10.7. The van der Waals surface area contributed by atoms with Crippen LogP contribution in [0.15, 0.2) is 0 Å². The third kappa shape index (κ3) is 5.71. The Labute approximate surface area is 233 Å². The standard InChI is InChI=1S/C34H58O4/c1-10-32(6,7)30(36)37-24-17-19-33(8)23(21-24)12-13-25-27-15-14-26(34(27,9)20-18-28(25)33)22(2)11-16-29(35)38-31(3,4)5/h22-28H,10-21H2,1-9H3/t22?,23?,24?,25?,26?,27?,28?,33-,34+/m0/s1. The summed E-state index contributed by atoms with van der Waals surface area (Å²) in [5, 5.41) is 0. The molecule has 218 valence electrons. The van der Waals surface area contributed by atoms with E-state index in [9.17, 15) is 9.59 Å². The third-order valence-corrected chi connectivity index (χ3v) is 12.3. The van der Waals surface area contributed by atoms with Gasteiger partial charge in [0, 0.05) is 6.42 Å². The minimum atomic E-state index is -0.398. The molecule has 4 aliphatic rings. The summed E-state index contributed by atoms with van der Waals surface area (Å²) < 4.78 is 11.7. The highest BCUT2D eigenvalue weighted by Crippen LogP contribution is 2.68. The summed E-state index contributed by atoms with van der Waals surface area (Å²) in [4.78, 5) is 25.2. The summed E-state index contributed by atoms with van der Waals surface area (Å²) in [6.45, 7) is 19.6. The first-order chi connectivity index (χ1) is 17.6. The zero-order valence-corrected chi connectivity index (χ0v) is 26.2. The van der Waals surface area contributed by atoms with Crippen molar-refractivity contribution in [1.29, 1.82) is 0 Å². The van der Waals surface area contributed by atoms with E-state index in [1.165, 1.54) is 44.9 Å². The van der Waals surface area contributed by atoms with E-state index in [2.05, 4.69) is 27.7 Å². The van der Waals surface area contributed by atoms with Gasteiger partial charge in [-0.1, -0.05) is 27.7 Å². The fourth-order valence-electron chi connectivity index (χ4n) is 9.70. The Morgan fingerprint density at radius 2 is 1.55 bits per heavy atom. The van der Waals surface area contributed by atoms with Gasteiger partial charge in [0.1, 0.15) is 11.7 Å². The van der Waals surface area contributed by atoms with E-state index in [4.69, 9.17) is 9.47 Å². The number of esters is 2. The van der Waals surface area contributed by atoms with Crippen LogP contribution in [0, 0.1) is 51.8 Å². The molecular weight excluding hydrogens is 472 g/mol. The SMILES string of the molecule is CCC(C)(C)C(=O)OC1CC[C@@]2(C)C(CCC3C4CCC(C(C)CCC(=O)OC(C)(C)C)[C@@]4(C)CCC32)C1. The molecule has 0 radical (unpaired) electrons. The van der Waals surface area contributed by atoms with Crippen LogP contribution in [-0.4, -0.2) is 23.6 Å². The van der Waals surface area contributed by atoms with Crippen molar-refractivity contribution in [2.75, 3.05) is 0 Å². The summed E-state index contributed by atoms with van der Waals surface area (Å²) in [6, 6.07) is 0. The molecule has 0 aromatic carbocycles. The van der Waals surface area contributed by atoms with E-state index in [-0.39, 0.29) is 23.5 Å². The number of hydrogen-bond acceptors (Lipinski definition) is 4. The van der Waals surface area contributed by atoms with E-state index in [1.807, 2.05) is 34.6 Å². The molecule has 4 rings (SSSR count). The second-order valence-electron chi connectivity index (χ2n) is 16.0. The molecule has 0 N–H and O–H groups in total. The minimum absolute atomic E-state index is 0.00601. The predicted octanol–water partition coefficient (Wildman–Crippen LogP) is 8.75. The van der Waals surface area contributed by atoms with Crippen molar-refractivity contribution in [2.45, 2.75) is 151 Å². The molecule has 0 bridgehead atoms. The van der Waals surface area contributed by atoms with E-state index >= 15 is 0 Å². The number of ether oxygens (including phenoxy) is 2. The Morgan fingerprint density at radius 1 is 0.895 bits per heavy atom. The molecule has 0 heterocycles. The number of carbonyl (C=O) groups excluding carboxylic acids is 2. The van der Waals surface area contributed by atoms with Gasteiger partial charge in [-0.3, -0.25) is 9.59 Å². The van der Waals surface area contributed by atoms with Crippen LogP contribution in [0.5, 0.6) is 0 Å². The molecule has 0 aromatic heterocycles. The lowest BCUT2D eigenvalue weighted by Gasteiger charge is -2.61. The molecule has 4 nitrogen and oxygen atoms in total. The average Bonchev–Trinajstić information content (AvgIpc) is 3.19. The molecule has 4 saturated carbocycles. The molecule has 4 fully saturated rings. The maximum Gasteiger partial charge on any atom is 0.311 e. The summed E-state index contributed by atoms with van der Waals surface area (Å²) in [5.74, 6) is 4.42. The molecule has 9 atom stereocenters.